The third kappa shape index (κ3) is 3.97. The van der Waals surface area contributed by atoms with Crippen molar-refractivity contribution in [2.45, 2.75) is 26.2 Å². The Morgan fingerprint density at radius 2 is 1.61 bits per heavy atom. The number of aromatic nitrogens is 1. The molecular weight excluding hydrogens is 448 g/mol. The lowest BCUT2D eigenvalue weighted by Gasteiger charge is -2.23. The molecule has 0 bridgehead atoms. The fraction of sp³-hybridized carbons (Fsp3) is 0.194. The van der Waals surface area contributed by atoms with Crippen molar-refractivity contribution in [1.29, 1.82) is 0 Å². The van der Waals surface area contributed by atoms with Crippen LogP contribution in [0, 0.1) is 6.92 Å². The van der Waals surface area contributed by atoms with Gasteiger partial charge in [-0.2, -0.15) is 0 Å². The standard InChI is InChI=1S/C31H28N2O3/c1-20-28(23-14-8-10-16-25(23)32-29(20)21-12-6-5-7-13-21)30(35)36-19-22(34)18-27-31(2,3)24-15-9-11-17-26(24)33(27)4/h5-18H,19H2,1-4H3. The molecule has 1 aromatic heterocycles. The molecule has 1 aliphatic heterocycles. The van der Waals surface area contributed by atoms with Gasteiger partial charge in [0.25, 0.3) is 0 Å². The first-order valence-corrected chi connectivity index (χ1v) is 12.0. The predicted octanol–water partition coefficient (Wildman–Crippen LogP) is 6.25. The van der Waals surface area contributed by atoms with Crippen LogP contribution in [0.25, 0.3) is 22.2 Å². The van der Waals surface area contributed by atoms with E-state index >= 15 is 0 Å². The molecular formula is C31H28N2O3. The zero-order valence-corrected chi connectivity index (χ0v) is 20.9. The van der Waals surface area contributed by atoms with E-state index in [4.69, 9.17) is 9.72 Å². The molecule has 36 heavy (non-hydrogen) atoms. The summed E-state index contributed by atoms with van der Waals surface area (Å²) >= 11 is 0. The molecule has 3 aromatic carbocycles. The minimum atomic E-state index is -0.530. The molecule has 0 aliphatic carbocycles. The normalized spacial score (nSPS) is 15.2. The summed E-state index contributed by atoms with van der Waals surface area (Å²) in [5.74, 6) is -0.789. The number of fused-ring (bicyclic) bond motifs is 2. The van der Waals surface area contributed by atoms with Crippen molar-refractivity contribution in [2.24, 2.45) is 0 Å². The van der Waals surface area contributed by atoms with E-state index in [1.807, 2.05) is 91.7 Å². The van der Waals surface area contributed by atoms with Crippen LogP contribution in [0.2, 0.25) is 0 Å². The average molecular weight is 477 g/mol. The third-order valence-corrected chi connectivity index (χ3v) is 6.97. The number of allylic oxidation sites excluding steroid dienone is 1. The number of carbonyl (C=O) groups is 2. The van der Waals surface area contributed by atoms with Gasteiger partial charge in [-0.1, -0.05) is 80.6 Å². The summed E-state index contributed by atoms with van der Waals surface area (Å²) < 4.78 is 5.58. The second kappa shape index (κ2) is 9.08. The summed E-state index contributed by atoms with van der Waals surface area (Å²) in [6.45, 7) is 5.73. The quantitative estimate of drug-likeness (QED) is 0.252. The van der Waals surface area contributed by atoms with Crippen molar-refractivity contribution in [3.05, 3.63) is 107 Å². The average Bonchev–Trinajstić information content (AvgIpc) is 3.08. The van der Waals surface area contributed by atoms with E-state index in [1.54, 1.807) is 6.08 Å². The molecule has 2 heterocycles. The Morgan fingerprint density at radius 3 is 2.36 bits per heavy atom. The van der Waals surface area contributed by atoms with Crippen LogP contribution in [0.1, 0.15) is 35.3 Å². The molecule has 0 N–H and O–H groups in total. The summed E-state index contributed by atoms with van der Waals surface area (Å²) in [5.41, 5.74) is 6.29. The van der Waals surface area contributed by atoms with Crippen LogP contribution in [0.4, 0.5) is 5.69 Å². The molecule has 0 saturated heterocycles. The summed E-state index contributed by atoms with van der Waals surface area (Å²) in [6, 6.07) is 25.4. The molecule has 4 aromatic rings. The number of esters is 1. The van der Waals surface area contributed by atoms with Crippen LogP contribution < -0.4 is 4.90 Å². The lowest BCUT2D eigenvalue weighted by atomic mass is 9.83. The monoisotopic (exact) mass is 476 g/mol. The van der Waals surface area contributed by atoms with Crippen molar-refractivity contribution in [1.82, 2.24) is 4.98 Å². The van der Waals surface area contributed by atoms with Gasteiger partial charge >= 0.3 is 5.97 Å². The number of pyridine rings is 1. The number of likely N-dealkylation sites (N-methyl/N-ethyl adjacent to an activating group) is 1. The number of ketones is 1. The van der Waals surface area contributed by atoms with Gasteiger partial charge in [0.1, 0.15) is 0 Å². The van der Waals surface area contributed by atoms with Gasteiger partial charge in [0.15, 0.2) is 12.4 Å². The molecule has 180 valence electrons. The highest BCUT2D eigenvalue weighted by Crippen LogP contribution is 2.46. The Hall–Kier alpha value is -4.25. The van der Waals surface area contributed by atoms with Gasteiger partial charge in [-0.25, -0.2) is 9.78 Å². The zero-order valence-electron chi connectivity index (χ0n) is 20.9. The summed E-state index contributed by atoms with van der Waals surface area (Å²) in [4.78, 5) is 33.1. The van der Waals surface area contributed by atoms with E-state index in [-0.39, 0.29) is 17.8 Å². The fourth-order valence-corrected chi connectivity index (χ4v) is 5.11. The van der Waals surface area contributed by atoms with Crippen molar-refractivity contribution < 1.29 is 14.3 Å². The molecule has 5 nitrogen and oxygen atoms in total. The molecule has 5 rings (SSSR count). The summed E-state index contributed by atoms with van der Waals surface area (Å²) in [5, 5.41) is 0.706. The number of nitrogens with zero attached hydrogens (tertiary/aromatic N) is 2. The molecule has 1 aliphatic rings. The van der Waals surface area contributed by atoms with E-state index < -0.39 is 5.97 Å². The lowest BCUT2D eigenvalue weighted by Crippen LogP contribution is -2.25. The smallest absolute Gasteiger partial charge is 0.339 e. The Labute approximate surface area is 211 Å². The lowest BCUT2D eigenvalue weighted by molar-refractivity contribution is -0.117. The van der Waals surface area contributed by atoms with Gasteiger partial charge in [-0.05, 0) is 30.2 Å². The second-order valence-corrected chi connectivity index (χ2v) is 9.62. The maximum Gasteiger partial charge on any atom is 0.339 e. The maximum absolute atomic E-state index is 13.3. The third-order valence-electron chi connectivity index (χ3n) is 6.97. The summed E-state index contributed by atoms with van der Waals surface area (Å²) in [6.07, 6.45) is 1.60. The topological polar surface area (TPSA) is 59.5 Å². The van der Waals surface area contributed by atoms with Gasteiger partial charge < -0.3 is 9.64 Å². The van der Waals surface area contributed by atoms with Gasteiger partial charge in [0.2, 0.25) is 0 Å². The van der Waals surface area contributed by atoms with Crippen LogP contribution in [-0.4, -0.2) is 30.4 Å². The molecule has 0 amide bonds. The van der Waals surface area contributed by atoms with Gasteiger partial charge in [0, 0.05) is 40.9 Å². The van der Waals surface area contributed by atoms with Crippen molar-refractivity contribution in [3.8, 4) is 11.3 Å². The Bertz CT molecular complexity index is 1520. The first kappa shape index (κ1) is 23.5. The minimum Gasteiger partial charge on any atom is -0.454 e. The zero-order chi connectivity index (χ0) is 25.4. The van der Waals surface area contributed by atoms with Gasteiger partial charge in [-0.3, -0.25) is 4.79 Å². The number of carbonyl (C=O) groups excluding carboxylic acids is 2. The first-order chi connectivity index (χ1) is 17.3. The molecule has 0 fully saturated rings. The second-order valence-electron chi connectivity index (χ2n) is 9.62. The number of hydrogen-bond donors (Lipinski definition) is 0. The summed E-state index contributed by atoms with van der Waals surface area (Å²) in [7, 11) is 1.95. The van der Waals surface area contributed by atoms with Crippen LogP contribution >= 0.6 is 0 Å². The van der Waals surface area contributed by atoms with E-state index in [9.17, 15) is 9.59 Å². The van der Waals surface area contributed by atoms with Crippen LogP contribution in [0.15, 0.2) is 90.6 Å². The predicted molar refractivity (Wildman–Crippen MR) is 143 cm³/mol. The van der Waals surface area contributed by atoms with Gasteiger partial charge in [0.05, 0.1) is 16.8 Å². The Kier molecular flexibility index (Phi) is 5.92. The van der Waals surface area contributed by atoms with Gasteiger partial charge in [-0.15, -0.1) is 0 Å². The fourth-order valence-electron chi connectivity index (χ4n) is 5.11. The first-order valence-electron chi connectivity index (χ1n) is 12.0. The number of ether oxygens (including phenoxy) is 1. The van der Waals surface area contributed by atoms with Crippen LogP contribution in [-0.2, 0) is 14.9 Å². The Balaban J connectivity index is 1.43. The SMILES string of the molecule is Cc1c(-c2ccccc2)nc2ccccc2c1C(=O)OCC(=O)C=C1N(C)c2ccccc2C1(C)C. The molecule has 0 unspecified atom stereocenters. The van der Waals surface area contributed by atoms with Crippen LogP contribution in [0.3, 0.4) is 0 Å². The number of rotatable bonds is 5. The van der Waals surface area contributed by atoms with Crippen molar-refractivity contribution in [2.75, 3.05) is 18.6 Å². The van der Waals surface area contributed by atoms with Crippen LogP contribution in [0.5, 0.6) is 0 Å². The minimum absolute atomic E-state index is 0.259. The molecule has 0 atom stereocenters. The maximum atomic E-state index is 13.3. The highest BCUT2D eigenvalue weighted by Gasteiger charge is 2.38. The molecule has 0 saturated carbocycles. The number of para-hydroxylation sites is 2. The van der Waals surface area contributed by atoms with Crippen molar-refractivity contribution >= 4 is 28.3 Å². The van der Waals surface area contributed by atoms with E-state index in [0.29, 0.717) is 16.5 Å². The highest BCUT2D eigenvalue weighted by atomic mass is 16.5. The molecule has 0 spiro atoms. The number of hydrogen-bond acceptors (Lipinski definition) is 5. The molecule has 0 radical (unpaired) electrons. The van der Waals surface area contributed by atoms with E-state index in [1.165, 1.54) is 0 Å². The van der Waals surface area contributed by atoms with Crippen molar-refractivity contribution in [3.63, 3.8) is 0 Å². The highest BCUT2D eigenvalue weighted by molar-refractivity contribution is 6.07. The number of anilines is 1. The number of benzene rings is 3. The largest absolute Gasteiger partial charge is 0.454 e. The Morgan fingerprint density at radius 1 is 0.944 bits per heavy atom. The van der Waals surface area contributed by atoms with E-state index in [0.717, 1.165) is 33.8 Å². The van der Waals surface area contributed by atoms with E-state index in [2.05, 4.69) is 19.9 Å². The molecule has 5 heteroatoms.